The normalized spacial score (nSPS) is 22.3. The Hall–Kier alpha value is -1.23. The van der Waals surface area contributed by atoms with Crippen LogP contribution in [-0.4, -0.2) is 17.8 Å². The Labute approximate surface area is 126 Å². The molecule has 21 heavy (non-hydrogen) atoms. The van der Waals surface area contributed by atoms with Crippen LogP contribution in [0.15, 0.2) is 24.3 Å². The molecular weight excluding hydrogens is 303 g/mol. The van der Waals surface area contributed by atoms with Crippen LogP contribution in [0.4, 0.5) is 13.2 Å². The first-order chi connectivity index (χ1) is 9.84. The predicted octanol–water partition coefficient (Wildman–Crippen LogP) is 3.77. The summed E-state index contributed by atoms with van der Waals surface area (Å²) in [5.41, 5.74) is -0.132. The van der Waals surface area contributed by atoms with E-state index in [4.69, 9.17) is 11.6 Å². The lowest BCUT2D eigenvalue weighted by Crippen LogP contribution is -2.29. The summed E-state index contributed by atoms with van der Waals surface area (Å²) < 4.78 is 37.3. The molecule has 1 saturated carbocycles. The van der Waals surface area contributed by atoms with Crippen molar-refractivity contribution in [2.24, 2.45) is 5.92 Å². The maximum absolute atomic E-state index is 12.4. The minimum absolute atomic E-state index is 0.0924. The van der Waals surface area contributed by atoms with Crippen molar-refractivity contribution in [1.29, 1.82) is 0 Å². The van der Waals surface area contributed by atoms with Crippen LogP contribution < -0.4 is 5.32 Å². The van der Waals surface area contributed by atoms with Crippen molar-refractivity contribution in [2.45, 2.75) is 37.2 Å². The molecule has 1 fully saturated rings. The summed E-state index contributed by atoms with van der Waals surface area (Å²) in [6.07, 6.45) is -1.37. The molecule has 2 nitrogen and oxygen atoms in total. The molecule has 1 aliphatic carbocycles. The molecule has 1 N–H and O–H groups in total. The van der Waals surface area contributed by atoms with E-state index in [2.05, 4.69) is 5.32 Å². The fourth-order valence-electron chi connectivity index (χ4n) is 2.52. The van der Waals surface area contributed by atoms with E-state index in [1.165, 1.54) is 12.1 Å². The molecule has 116 valence electrons. The average molecular weight is 320 g/mol. The number of nitrogens with one attached hydrogen (secondary N) is 1. The smallest absolute Gasteiger partial charge is 0.356 e. The third-order valence-electron chi connectivity index (χ3n) is 3.71. The first-order valence-electron chi connectivity index (χ1n) is 6.91. The maximum Gasteiger partial charge on any atom is 0.416 e. The Bertz CT molecular complexity index is 487. The van der Waals surface area contributed by atoms with E-state index >= 15 is 0 Å². The van der Waals surface area contributed by atoms with Crippen LogP contribution in [0.5, 0.6) is 0 Å². The van der Waals surface area contributed by atoms with E-state index < -0.39 is 11.7 Å². The number of benzene rings is 1. The Morgan fingerprint density at radius 2 is 1.90 bits per heavy atom. The molecule has 0 spiro atoms. The molecule has 1 aromatic carbocycles. The Morgan fingerprint density at radius 3 is 2.43 bits per heavy atom. The van der Waals surface area contributed by atoms with Gasteiger partial charge in [0.05, 0.1) is 12.0 Å². The summed E-state index contributed by atoms with van der Waals surface area (Å²) in [5.74, 6) is 0.233. The van der Waals surface area contributed by atoms with Crippen molar-refractivity contribution < 1.29 is 18.0 Å². The molecule has 0 aromatic heterocycles. The number of alkyl halides is 4. The number of halogens is 4. The van der Waals surface area contributed by atoms with Gasteiger partial charge in [-0.3, -0.25) is 4.79 Å². The Morgan fingerprint density at radius 1 is 1.24 bits per heavy atom. The van der Waals surface area contributed by atoms with Gasteiger partial charge in [0.1, 0.15) is 0 Å². The summed E-state index contributed by atoms with van der Waals surface area (Å²) in [6, 6.07) is 4.68. The third-order valence-corrected chi connectivity index (χ3v) is 4.11. The molecule has 0 heterocycles. The van der Waals surface area contributed by atoms with Gasteiger partial charge in [0, 0.05) is 11.9 Å². The van der Waals surface area contributed by atoms with Crippen molar-refractivity contribution in [3.05, 3.63) is 35.4 Å². The zero-order valence-electron chi connectivity index (χ0n) is 11.4. The molecule has 2 rings (SSSR count). The van der Waals surface area contributed by atoms with Crippen molar-refractivity contribution in [3.63, 3.8) is 0 Å². The van der Waals surface area contributed by atoms with Gasteiger partial charge < -0.3 is 5.32 Å². The summed E-state index contributed by atoms with van der Waals surface area (Å²) in [6.45, 7) is 0.586. The molecule has 1 aliphatic rings. The lowest BCUT2D eigenvalue weighted by atomic mass is 10.1. The molecule has 2 unspecified atom stereocenters. The molecule has 0 aliphatic heterocycles. The van der Waals surface area contributed by atoms with Crippen LogP contribution >= 0.6 is 11.6 Å². The highest BCUT2D eigenvalue weighted by atomic mass is 35.5. The van der Waals surface area contributed by atoms with Gasteiger partial charge in [0.15, 0.2) is 0 Å². The van der Waals surface area contributed by atoms with Crippen LogP contribution in [-0.2, 0) is 17.4 Å². The topological polar surface area (TPSA) is 29.1 Å². The molecule has 1 aromatic rings. The highest BCUT2D eigenvalue weighted by Crippen LogP contribution is 2.29. The largest absolute Gasteiger partial charge is 0.416 e. The molecular formula is C15H17ClF3NO. The van der Waals surface area contributed by atoms with Gasteiger partial charge in [-0.1, -0.05) is 12.1 Å². The lowest BCUT2D eigenvalue weighted by molar-refractivity contribution is -0.137. The van der Waals surface area contributed by atoms with Crippen LogP contribution in [0, 0.1) is 5.92 Å². The quantitative estimate of drug-likeness (QED) is 0.841. The summed E-state index contributed by atoms with van der Waals surface area (Å²) in [4.78, 5) is 11.8. The number of amides is 1. The molecule has 0 saturated heterocycles. The second kappa shape index (κ2) is 6.69. The first kappa shape index (κ1) is 16.1. The highest BCUT2D eigenvalue weighted by molar-refractivity contribution is 6.20. The maximum atomic E-state index is 12.4. The van der Waals surface area contributed by atoms with Crippen molar-refractivity contribution in [3.8, 4) is 0 Å². The second-order valence-electron chi connectivity index (χ2n) is 5.45. The standard InChI is InChI=1S/C15H17ClF3NO/c16-13-6-3-11(7-13)9-20-14(21)8-10-1-4-12(5-2-10)15(17,18)19/h1-2,4-5,11,13H,3,6-9H2,(H,20,21). The van der Waals surface area contributed by atoms with Gasteiger partial charge in [-0.2, -0.15) is 13.2 Å². The van der Waals surface area contributed by atoms with E-state index in [0.29, 0.717) is 18.0 Å². The second-order valence-corrected chi connectivity index (χ2v) is 6.07. The first-order valence-corrected chi connectivity index (χ1v) is 7.35. The summed E-state index contributed by atoms with van der Waals surface area (Å²) in [7, 11) is 0. The van der Waals surface area contributed by atoms with E-state index in [1.54, 1.807) is 0 Å². The van der Waals surface area contributed by atoms with Crippen LogP contribution in [0.3, 0.4) is 0 Å². The number of carbonyl (C=O) groups is 1. The van der Waals surface area contributed by atoms with Crippen LogP contribution in [0.2, 0.25) is 0 Å². The minimum atomic E-state index is -4.35. The van der Waals surface area contributed by atoms with Crippen molar-refractivity contribution in [1.82, 2.24) is 5.32 Å². The summed E-state index contributed by atoms with van der Waals surface area (Å²) in [5, 5.41) is 3.01. The van der Waals surface area contributed by atoms with E-state index in [9.17, 15) is 18.0 Å². The highest BCUT2D eigenvalue weighted by Gasteiger charge is 2.30. The van der Waals surface area contributed by atoms with Crippen molar-refractivity contribution >= 4 is 17.5 Å². The molecule has 0 radical (unpaired) electrons. The van der Waals surface area contributed by atoms with E-state index in [0.717, 1.165) is 31.4 Å². The van der Waals surface area contributed by atoms with E-state index in [-0.39, 0.29) is 17.7 Å². The van der Waals surface area contributed by atoms with Gasteiger partial charge in [-0.25, -0.2) is 0 Å². The Kier molecular flexibility index (Phi) is 5.14. The van der Waals surface area contributed by atoms with Gasteiger partial charge in [0.2, 0.25) is 5.91 Å². The van der Waals surface area contributed by atoms with Crippen LogP contribution in [0.1, 0.15) is 30.4 Å². The number of carbonyl (C=O) groups excluding carboxylic acids is 1. The molecule has 6 heteroatoms. The fraction of sp³-hybridized carbons (Fsp3) is 0.533. The van der Waals surface area contributed by atoms with Crippen LogP contribution in [0.25, 0.3) is 0 Å². The summed E-state index contributed by atoms with van der Waals surface area (Å²) >= 11 is 6.00. The van der Waals surface area contributed by atoms with Gasteiger partial charge in [0.25, 0.3) is 0 Å². The number of hydrogen-bond donors (Lipinski definition) is 1. The fourth-order valence-corrected chi connectivity index (χ4v) is 2.89. The number of rotatable bonds is 4. The molecule has 0 bridgehead atoms. The van der Waals surface area contributed by atoms with Gasteiger partial charge >= 0.3 is 6.18 Å². The predicted molar refractivity (Wildman–Crippen MR) is 75.1 cm³/mol. The zero-order valence-corrected chi connectivity index (χ0v) is 12.2. The van der Waals surface area contributed by atoms with Crippen molar-refractivity contribution in [2.75, 3.05) is 6.54 Å². The Balaban J connectivity index is 1.80. The SMILES string of the molecule is O=C(Cc1ccc(C(F)(F)F)cc1)NCC1CCC(Cl)C1. The number of hydrogen-bond acceptors (Lipinski definition) is 1. The minimum Gasteiger partial charge on any atom is -0.356 e. The van der Waals surface area contributed by atoms with E-state index in [1.807, 2.05) is 0 Å². The molecule has 2 atom stereocenters. The molecule has 1 amide bonds. The van der Waals surface area contributed by atoms with Gasteiger partial charge in [-0.15, -0.1) is 11.6 Å². The van der Waals surface area contributed by atoms with Gasteiger partial charge in [-0.05, 0) is 42.9 Å². The average Bonchev–Trinajstić information content (AvgIpc) is 2.82. The monoisotopic (exact) mass is 319 g/mol. The zero-order chi connectivity index (χ0) is 15.5. The third kappa shape index (κ3) is 4.92. The lowest BCUT2D eigenvalue weighted by Gasteiger charge is -2.11.